The van der Waals surface area contributed by atoms with Crippen LogP contribution in [0.5, 0.6) is 0 Å². The van der Waals surface area contributed by atoms with Crippen molar-refractivity contribution in [3.05, 3.63) is 29.3 Å². The van der Waals surface area contributed by atoms with Gasteiger partial charge in [-0.25, -0.2) is 0 Å². The van der Waals surface area contributed by atoms with Crippen molar-refractivity contribution in [3.63, 3.8) is 0 Å². The van der Waals surface area contributed by atoms with E-state index in [0.717, 1.165) is 25.9 Å². The first-order valence-corrected chi connectivity index (χ1v) is 6.91. The van der Waals surface area contributed by atoms with E-state index in [4.69, 9.17) is 0 Å². The van der Waals surface area contributed by atoms with Crippen LogP contribution >= 0.6 is 0 Å². The number of rotatable bonds is 1. The quantitative estimate of drug-likeness (QED) is 0.823. The van der Waals surface area contributed by atoms with E-state index in [-0.39, 0.29) is 11.5 Å². The molecule has 1 heterocycles. The summed E-state index contributed by atoms with van der Waals surface area (Å²) in [6.07, 6.45) is 1.85. The SMILES string of the molecule is Cc1cc(N2CCCC(O)C2)cc(C(C)(C)C)c1. The first kappa shape index (κ1) is 13.4. The number of aliphatic hydroxyl groups is 1. The first-order chi connectivity index (χ1) is 8.36. The Morgan fingerprint density at radius 3 is 2.56 bits per heavy atom. The Bertz CT molecular complexity index is 420. The lowest BCUT2D eigenvalue weighted by atomic mass is 9.85. The predicted octanol–water partition coefficient (Wildman–Crippen LogP) is 3.25. The molecule has 0 amide bonds. The maximum atomic E-state index is 9.80. The van der Waals surface area contributed by atoms with Gasteiger partial charge in [0.1, 0.15) is 0 Å². The highest BCUT2D eigenvalue weighted by atomic mass is 16.3. The fourth-order valence-electron chi connectivity index (χ4n) is 2.57. The molecule has 0 spiro atoms. The first-order valence-electron chi connectivity index (χ1n) is 6.91. The molecule has 2 rings (SSSR count). The number of nitrogens with zero attached hydrogens (tertiary/aromatic N) is 1. The van der Waals surface area contributed by atoms with Crippen LogP contribution in [0.15, 0.2) is 18.2 Å². The molecule has 1 fully saturated rings. The van der Waals surface area contributed by atoms with Crippen LogP contribution in [0.3, 0.4) is 0 Å². The maximum absolute atomic E-state index is 9.80. The number of hydrogen-bond acceptors (Lipinski definition) is 2. The predicted molar refractivity (Wildman–Crippen MR) is 77.3 cm³/mol. The van der Waals surface area contributed by atoms with Crippen LogP contribution in [0, 0.1) is 6.92 Å². The number of benzene rings is 1. The molecule has 0 saturated carbocycles. The summed E-state index contributed by atoms with van der Waals surface area (Å²) in [6, 6.07) is 6.78. The molecule has 1 aliphatic heterocycles. The highest BCUT2D eigenvalue weighted by Crippen LogP contribution is 2.29. The van der Waals surface area contributed by atoms with E-state index >= 15 is 0 Å². The molecule has 1 saturated heterocycles. The summed E-state index contributed by atoms with van der Waals surface area (Å²) in [5.41, 5.74) is 4.11. The van der Waals surface area contributed by atoms with Crippen LogP contribution in [0.1, 0.15) is 44.7 Å². The van der Waals surface area contributed by atoms with E-state index in [1.165, 1.54) is 16.8 Å². The summed E-state index contributed by atoms with van der Waals surface area (Å²) in [7, 11) is 0. The van der Waals surface area contributed by atoms with Crippen molar-refractivity contribution in [1.82, 2.24) is 0 Å². The maximum Gasteiger partial charge on any atom is 0.0715 e. The largest absolute Gasteiger partial charge is 0.391 e. The molecule has 0 aliphatic carbocycles. The molecule has 0 bridgehead atoms. The van der Waals surface area contributed by atoms with Gasteiger partial charge in [-0.15, -0.1) is 0 Å². The second-order valence-electron chi connectivity index (χ2n) is 6.55. The van der Waals surface area contributed by atoms with Gasteiger partial charge in [-0.05, 0) is 48.4 Å². The van der Waals surface area contributed by atoms with Crippen molar-refractivity contribution in [3.8, 4) is 0 Å². The van der Waals surface area contributed by atoms with Gasteiger partial charge in [-0.3, -0.25) is 0 Å². The fourth-order valence-corrected chi connectivity index (χ4v) is 2.57. The summed E-state index contributed by atoms with van der Waals surface area (Å²) in [5, 5.41) is 9.80. The van der Waals surface area contributed by atoms with Gasteiger partial charge in [0.15, 0.2) is 0 Å². The highest BCUT2D eigenvalue weighted by molar-refractivity contribution is 5.52. The Balaban J connectivity index is 2.30. The van der Waals surface area contributed by atoms with E-state index in [1.54, 1.807) is 0 Å². The van der Waals surface area contributed by atoms with Gasteiger partial charge in [0.25, 0.3) is 0 Å². The van der Waals surface area contributed by atoms with Crippen molar-refractivity contribution in [2.24, 2.45) is 0 Å². The fraction of sp³-hybridized carbons (Fsp3) is 0.625. The van der Waals surface area contributed by atoms with Crippen molar-refractivity contribution in [2.45, 2.75) is 52.1 Å². The standard InChI is InChI=1S/C16H25NO/c1-12-8-13(16(2,3)4)10-14(9-12)17-7-5-6-15(18)11-17/h8-10,15,18H,5-7,11H2,1-4H3. The summed E-state index contributed by atoms with van der Waals surface area (Å²) in [4.78, 5) is 2.32. The molecule has 100 valence electrons. The minimum absolute atomic E-state index is 0.169. The normalized spacial score (nSPS) is 21.2. The van der Waals surface area contributed by atoms with Gasteiger partial charge in [-0.1, -0.05) is 26.8 Å². The molecule has 18 heavy (non-hydrogen) atoms. The third-order valence-corrected chi connectivity index (χ3v) is 3.69. The van der Waals surface area contributed by atoms with Gasteiger partial charge in [0, 0.05) is 18.8 Å². The second-order valence-corrected chi connectivity index (χ2v) is 6.55. The van der Waals surface area contributed by atoms with Gasteiger partial charge in [0.2, 0.25) is 0 Å². The van der Waals surface area contributed by atoms with Crippen molar-refractivity contribution < 1.29 is 5.11 Å². The molecule has 1 aromatic carbocycles. The summed E-state index contributed by atoms with van der Waals surface area (Å²) >= 11 is 0. The van der Waals surface area contributed by atoms with E-state index in [1.807, 2.05) is 0 Å². The topological polar surface area (TPSA) is 23.5 Å². The number of hydrogen-bond donors (Lipinski definition) is 1. The third kappa shape index (κ3) is 3.05. The van der Waals surface area contributed by atoms with Gasteiger partial charge >= 0.3 is 0 Å². The number of β-amino-alcohol motifs (C(OH)–C–C–N with tert-alkyl or cyclic N) is 1. The Morgan fingerprint density at radius 2 is 1.94 bits per heavy atom. The zero-order valence-corrected chi connectivity index (χ0v) is 12.0. The molecule has 1 atom stereocenters. The molecule has 0 radical (unpaired) electrons. The van der Waals surface area contributed by atoms with Crippen LogP contribution in [0.4, 0.5) is 5.69 Å². The van der Waals surface area contributed by atoms with Gasteiger partial charge < -0.3 is 10.0 Å². The molecule has 1 N–H and O–H groups in total. The summed E-state index contributed by atoms with van der Waals surface area (Å²) in [5.74, 6) is 0. The van der Waals surface area contributed by atoms with Crippen molar-refractivity contribution in [1.29, 1.82) is 0 Å². The van der Waals surface area contributed by atoms with E-state index < -0.39 is 0 Å². The summed E-state index contributed by atoms with van der Waals surface area (Å²) < 4.78 is 0. The minimum atomic E-state index is -0.169. The Morgan fingerprint density at radius 1 is 1.22 bits per heavy atom. The van der Waals surface area contributed by atoms with E-state index in [2.05, 4.69) is 50.8 Å². The molecule has 1 aromatic rings. The molecule has 0 aromatic heterocycles. The van der Waals surface area contributed by atoms with Crippen LogP contribution in [0.25, 0.3) is 0 Å². The zero-order valence-electron chi connectivity index (χ0n) is 12.0. The molecular formula is C16H25NO. The van der Waals surface area contributed by atoms with Crippen LogP contribution in [0.2, 0.25) is 0 Å². The van der Waals surface area contributed by atoms with Crippen LogP contribution in [-0.4, -0.2) is 24.3 Å². The molecular weight excluding hydrogens is 222 g/mol. The Labute approximate surface area is 111 Å². The number of aliphatic hydroxyl groups excluding tert-OH is 1. The van der Waals surface area contributed by atoms with Crippen molar-refractivity contribution >= 4 is 5.69 Å². The Kier molecular flexibility index (Phi) is 3.67. The molecule has 1 unspecified atom stereocenters. The number of anilines is 1. The third-order valence-electron chi connectivity index (χ3n) is 3.69. The van der Waals surface area contributed by atoms with Gasteiger partial charge in [-0.2, -0.15) is 0 Å². The zero-order chi connectivity index (χ0) is 13.3. The smallest absolute Gasteiger partial charge is 0.0715 e. The van der Waals surface area contributed by atoms with Gasteiger partial charge in [0.05, 0.1) is 6.10 Å². The Hall–Kier alpha value is -1.02. The lowest BCUT2D eigenvalue weighted by Gasteiger charge is -2.33. The molecule has 2 heteroatoms. The lowest BCUT2D eigenvalue weighted by Crippen LogP contribution is -2.38. The van der Waals surface area contributed by atoms with Crippen LogP contribution in [-0.2, 0) is 5.41 Å². The second kappa shape index (κ2) is 4.93. The lowest BCUT2D eigenvalue weighted by molar-refractivity contribution is 0.154. The number of piperidine rings is 1. The van der Waals surface area contributed by atoms with E-state index in [0.29, 0.717) is 0 Å². The average Bonchev–Trinajstić information content (AvgIpc) is 2.27. The highest BCUT2D eigenvalue weighted by Gasteiger charge is 2.20. The molecule has 2 nitrogen and oxygen atoms in total. The van der Waals surface area contributed by atoms with Crippen LogP contribution < -0.4 is 4.90 Å². The molecule has 1 aliphatic rings. The van der Waals surface area contributed by atoms with Crippen molar-refractivity contribution in [2.75, 3.05) is 18.0 Å². The summed E-state index contributed by atoms with van der Waals surface area (Å²) in [6.45, 7) is 10.7. The minimum Gasteiger partial charge on any atom is -0.391 e. The monoisotopic (exact) mass is 247 g/mol. The average molecular weight is 247 g/mol. The van der Waals surface area contributed by atoms with E-state index in [9.17, 15) is 5.11 Å². The number of aryl methyl sites for hydroxylation is 1.